The Morgan fingerprint density at radius 3 is 2.54 bits per heavy atom. The fourth-order valence-electron chi connectivity index (χ4n) is 3.62. The molecule has 0 radical (unpaired) electrons. The predicted octanol–water partition coefficient (Wildman–Crippen LogP) is 2.23. The fourth-order valence-corrected chi connectivity index (χ4v) is 3.62. The Balaban J connectivity index is 1.51. The van der Waals surface area contributed by atoms with Gasteiger partial charge in [-0.2, -0.15) is 0 Å². The minimum atomic E-state index is 0.810. The Kier molecular flexibility index (Phi) is 6.87. The second-order valence-corrected chi connectivity index (χ2v) is 6.95. The quantitative estimate of drug-likeness (QED) is 0.729. The molecule has 1 aromatic heterocycles. The normalized spacial score (nSPS) is 19.3. The van der Waals surface area contributed by atoms with Crippen LogP contribution in [0.2, 0.25) is 0 Å². The van der Waals surface area contributed by atoms with E-state index in [0.717, 1.165) is 38.7 Å². The minimum absolute atomic E-state index is 0.810. The van der Waals surface area contributed by atoms with Crippen molar-refractivity contribution >= 4 is 5.82 Å². The molecule has 0 amide bonds. The van der Waals surface area contributed by atoms with Crippen LogP contribution in [0.1, 0.15) is 31.7 Å². The summed E-state index contributed by atoms with van der Waals surface area (Å²) < 4.78 is 5.41. The zero-order valence-electron chi connectivity index (χ0n) is 15.1. The molecule has 5 nitrogen and oxygen atoms in total. The summed E-state index contributed by atoms with van der Waals surface area (Å²) in [4.78, 5) is 12.2. The summed E-state index contributed by atoms with van der Waals surface area (Å²) in [7, 11) is 0. The van der Waals surface area contributed by atoms with E-state index >= 15 is 0 Å². The van der Waals surface area contributed by atoms with Crippen LogP contribution in [-0.4, -0.2) is 73.8 Å². The highest BCUT2D eigenvalue weighted by molar-refractivity contribution is 5.39. The number of ether oxygens (including phenoxy) is 1. The molecule has 3 heterocycles. The second-order valence-electron chi connectivity index (χ2n) is 6.95. The van der Waals surface area contributed by atoms with Crippen molar-refractivity contribution in [3.8, 4) is 0 Å². The lowest BCUT2D eigenvalue weighted by Gasteiger charge is -2.28. The smallest absolute Gasteiger partial charge is 0.128 e. The molecular formula is C19H32N4O. The highest BCUT2D eigenvalue weighted by Crippen LogP contribution is 2.14. The predicted molar refractivity (Wildman–Crippen MR) is 98.5 cm³/mol. The van der Waals surface area contributed by atoms with E-state index in [1.807, 2.05) is 0 Å². The van der Waals surface area contributed by atoms with E-state index in [0.29, 0.717) is 0 Å². The largest absolute Gasteiger partial charge is 0.378 e. The van der Waals surface area contributed by atoms with Gasteiger partial charge in [-0.15, -0.1) is 0 Å². The van der Waals surface area contributed by atoms with E-state index in [4.69, 9.17) is 4.74 Å². The summed E-state index contributed by atoms with van der Waals surface area (Å²) >= 11 is 0. The van der Waals surface area contributed by atoms with E-state index < -0.39 is 0 Å². The van der Waals surface area contributed by atoms with Gasteiger partial charge in [-0.3, -0.25) is 4.90 Å². The summed E-state index contributed by atoms with van der Waals surface area (Å²) in [5.74, 6) is 1.08. The van der Waals surface area contributed by atoms with Gasteiger partial charge in [0.05, 0.1) is 13.2 Å². The summed E-state index contributed by atoms with van der Waals surface area (Å²) in [6.45, 7) is 12.9. The molecule has 0 aromatic carbocycles. The van der Waals surface area contributed by atoms with Gasteiger partial charge in [0.1, 0.15) is 5.82 Å². The first kappa shape index (κ1) is 17.6. The van der Waals surface area contributed by atoms with Gasteiger partial charge >= 0.3 is 0 Å². The zero-order chi connectivity index (χ0) is 16.6. The molecule has 0 saturated carbocycles. The fraction of sp³-hybridized carbons (Fsp3) is 0.737. The van der Waals surface area contributed by atoms with E-state index in [2.05, 4.69) is 44.9 Å². The first-order valence-electron chi connectivity index (χ1n) is 9.57. The number of nitrogens with zero attached hydrogens (tertiary/aromatic N) is 4. The average molecular weight is 332 g/mol. The molecular weight excluding hydrogens is 300 g/mol. The summed E-state index contributed by atoms with van der Waals surface area (Å²) in [5, 5.41) is 0. The monoisotopic (exact) mass is 332 g/mol. The SMILES string of the molecule is CCCN(CCN1CCCC1)Cc1ccc(N2CCOCC2)nc1. The van der Waals surface area contributed by atoms with Gasteiger partial charge in [-0.05, 0) is 50.5 Å². The molecule has 0 unspecified atom stereocenters. The van der Waals surface area contributed by atoms with E-state index in [-0.39, 0.29) is 0 Å². The van der Waals surface area contributed by atoms with Crippen LogP contribution < -0.4 is 4.90 Å². The van der Waals surface area contributed by atoms with Crippen LogP contribution in [0.5, 0.6) is 0 Å². The minimum Gasteiger partial charge on any atom is -0.378 e. The third-order valence-electron chi connectivity index (χ3n) is 5.02. The second kappa shape index (κ2) is 9.35. The number of hydrogen-bond donors (Lipinski definition) is 0. The van der Waals surface area contributed by atoms with Gasteiger partial charge in [-0.1, -0.05) is 13.0 Å². The molecule has 24 heavy (non-hydrogen) atoms. The van der Waals surface area contributed by atoms with Crippen LogP contribution in [0, 0.1) is 0 Å². The molecule has 134 valence electrons. The maximum atomic E-state index is 5.41. The molecule has 2 aliphatic rings. The van der Waals surface area contributed by atoms with Crippen LogP contribution >= 0.6 is 0 Å². The Morgan fingerprint density at radius 1 is 1.08 bits per heavy atom. The molecule has 0 atom stereocenters. The van der Waals surface area contributed by atoms with Gasteiger partial charge in [-0.25, -0.2) is 4.98 Å². The number of anilines is 1. The lowest BCUT2D eigenvalue weighted by molar-refractivity contribution is 0.122. The lowest BCUT2D eigenvalue weighted by Crippen LogP contribution is -2.36. The molecule has 2 fully saturated rings. The highest BCUT2D eigenvalue weighted by atomic mass is 16.5. The summed E-state index contributed by atoms with van der Waals surface area (Å²) in [5.41, 5.74) is 1.32. The molecule has 3 rings (SSSR count). The van der Waals surface area contributed by atoms with Gasteiger partial charge in [0.15, 0.2) is 0 Å². The van der Waals surface area contributed by atoms with E-state index in [1.165, 1.54) is 57.5 Å². The van der Waals surface area contributed by atoms with E-state index in [9.17, 15) is 0 Å². The number of rotatable bonds is 8. The third-order valence-corrected chi connectivity index (χ3v) is 5.02. The first-order valence-corrected chi connectivity index (χ1v) is 9.57. The van der Waals surface area contributed by atoms with Crippen molar-refractivity contribution in [3.63, 3.8) is 0 Å². The van der Waals surface area contributed by atoms with Crippen molar-refractivity contribution < 1.29 is 4.74 Å². The van der Waals surface area contributed by atoms with Crippen LogP contribution in [0.15, 0.2) is 18.3 Å². The van der Waals surface area contributed by atoms with Crippen molar-refractivity contribution in [2.75, 3.05) is 63.9 Å². The maximum absolute atomic E-state index is 5.41. The molecule has 0 aliphatic carbocycles. The van der Waals surface area contributed by atoms with Crippen LogP contribution in [0.3, 0.4) is 0 Å². The van der Waals surface area contributed by atoms with Crippen molar-refractivity contribution in [1.29, 1.82) is 0 Å². The van der Waals surface area contributed by atoms with E-state index in [1.54, 1.807) is 0 Å². The van der Waals surface area contributed by atoms with Crippen LogP contribution in [-0.2, 0) is 11.3 Å². The first-order chi connectivity index (χ1) is 11.8. The molecule has 0 spiro atoms. The highest BCUT2D eigenvalue weighted by Gasteiger charge is 2.14. The summed E-state index contributed by atoms with van der Waals surface area (Å²) in [6.07, 6.45) is 6.02. The van der Waals surface area contributed by atoms with Gasteiger partial charge < -0.3 is 14.5 Å². The number of hydrogen-bond acceptors (Lipinski definition) is 5. The van der Waals surface area contributed by atoms with Crippen molar-refractivity contribution in [2.45, 2.75) is 32.7 Å². The van der Waals surface area contributed by atoms with Crippen LogP contribution in [0.4, 0.5) is 5.82 Å². The van der Waals surface area contributed by atoms with Crippen molar-refractivity contribution in [1.82, 2.24) is 14.8 Å². The third kappa shape index (κ3) is 5.16. The average Bonchev–Trinajstić information content (AvgIpc) is 3.15. The van der Waals surface area contributed by atoms with Crippen molar-refractivity contribution in [2.24, 2.45) is 0 Å². The lowest BCUT2D eigenvalue weighted by atomic mass is 10.2. The van der Waals surface area contributed by atoms with Gasteiger partial charge in [0, 0.05) is 38.9 Å². The number of morpholine rings is 1. The van der Waals surface area contributed by atoms with Gasteiger partial charge in [0.25, 0.3) is 0 Å². The standard InChI is InChI=1S/C19H32N4O/c1-2-7-22(11-10-21-8-3-4-9-21)17-18-5-6-19(20-16-18)23-12-14-24-15-13-23/h5-6,16H,2-4,7-15,17H2,1H3. The number of pyridine rings is 1. The topological polar surface area (TPSA) is 31.8 Å². The molecule has 0 N–H and O–H groups in total. The molecule has 5 heteroatoms. The Bertz CT molecular complexity index is 467. The Labute approximate surface area is 146 Å². The van der Waals surface area contributed by atoms with Gasteiger partial charge in [0.2, 0.25) is 0 Å². The van der Waals surface area contributed by atoms with Crippen LogP contribution in [0.25, 0.3) is 0 Å². The molecule has 1 aromatic rings. The molecule has 2 aliphatic heterocycles. The molecule has 0 bridgehead atoms. The zero-order valence-corrected chi connectivity index (χ0v) is 15.1. The number of aromatic nitrogens is 1. The molecule has 2 saturated heterocycles. The number of likely N-dealkylation sites (tertiary alicyclic amines) is 1. The Morgan fingerprint density at radius 2 is 1.88 bits per heavy atom. The summed E-state index contributed by atoms with van der Waals surface area (Å²) in [6, 6.07) is 4.42. The Hall–Kier alpha value is -1.17. The maximum Gasteiger partial charge on any atom is 0.128 e. The van der Waals surface area contributed by atoms with Crippen molar-refractivity contribution in [3.05, 3.63) is 23.9 Å².